The van der Waals surface area contributed by atoms with E-state index in [4.69, 9.17) is 11.6 Å². The molecular weight excluding hydrogens is 415 g/mol. The van der Waals surface area contributed by atoms with Crippen LogP contribution in [0.15, 0.2) is 53.4 Å². The molecule has 1 saturated heterocycles. The third-order valence-electron chi connectivity index (χ3n) is 5.13. The van der Waals surface area contributed by atoms with E-state index >= 15 is 0 Å². The Morgan fingerprint density at radius 1 is 1.07 bits per heavy atom. The zero-order chi connectivity index (χ0) is 20.9. The predicted octanol–water partition coefficient (Wildman–Crippen LogP) is 3.63. The predicted molar refractivity (Wildman–Crippen MR) is 111 cm³/mol. The van der Waals surface area contributed by atoms with Crippen LogP contribution >= 0.6 is 11.6 Å². The minimum atomic E-state index is -3.57. The van der Waals surface area contributed by atoms with E-state index < -0.39 is 10.0 Å². The van der Waals surface area contributed by atoms with Gasteiger partial charge in [0.25, 0.3) is 0 Å². The van der Waals surface area contributed by atoms with Crippen LogP contribution in [0.25, 0.3) is 0 Å². The summed E-state index contributed by atoms with van der Waals surface area (Å²) in [6.07, 6.45) is 2.52. The normalized spacial score (nSPS) is 15.9. The maximum atomic E-state index is 12.9. The van der Waals surface area contributed by atoms with E-state index in [1.165, 1.54) is 28.6 Å². The maximum Gasteiger partial charge on any atom is 0.243 e. The van der Waals surface area contributed by atoms with Gasteiger partial charge in [-0.25, -0.2) is 12.8 Å². The summed E-state index contributed by atoms with van der Waals surface area (Å²) < 4.78 is 39.7. The number of nitrogens with zero attached hydrogens (tertiary/aromatic N) is 1. The van der Waals surface area contributed by atoms with Crippen LogP contribution in [0.3, 0.4) is 0 Å². The summed E-state index contributed by atoms with van der Waals surface area (Å²) in [5, 5.41) is 3.41. The van der Waals surface area contributed by atoms with E-state index in [0.29, 0.717) is 37.5 Å². The molecule has 8 heteroatoms. The molecule has 0 spiro atoms. The molecule has 1 heterocycles. The van der Waals surface area contributed by atoms with Crippen molar-refractivity contribution in [2.45, 2.75) is 30.6 Å². The number of hydrogen-bond acceptors (Lipinski definition) is 3. The molecule has 1 amide bonds. The number of amides is 1. The average molecular weight is 439 g/mol. The Morgan fingerprint density at radius 3 is 2.31 bits per heavy atom. The van der Waals surface area contributed by atoms with Crippen LogP contribution in [0.2, 0.25) is 5.02 Å². The molecule has 5 nitrogen and oxygen atoms in total. The lowest BCUT2D eigenvalue weighted by Gasteiger charge is -2.30. The Kier molecular flexibility index (Phi) is 7.27. The molecule has 0 unspecified atom stereocenters. The molecule has 1 aliphatic heterocycles. The highest BCUT2D eigenvalue weighted by atomic mass is 35.5. The summed E-state index contributed by atoms with van der Waals surface area (Å²) in [4.78, 5) is 12.6. The van der Waals surface area contributed by atoms with Gasteiger partial charge in [0.2, 0.25) is 15.9 Å². The molecule has 156 valence electrons. The van der Waals surface area contributed by atoms with Crippen LogP contribution in [0.4, 0.5) is 4.39 Å². The minimum absolute atomic E-state index is 0.0346. The van der Waals surface area contributed by atoms with Crippen LogP contribution in [-0.4, -0.2) is 38.3 Å². The van der Waals surface area contributed by atoms with Crippen LogP contribution in [0.5, 0.6) is 0 Å². The van der Waals surface area contributed by atoms with E-state index in [2.05, 4.69) is 5.32 Å². The largest absolute Gasteiger partial charge is 0.356 e. The Balaban J connectivity index is 1.43. The highest BCUT2D eigenvalue weighted by Crippen LogP contribution is 2.24. The van der Waals surface area contributed by atoms with Crippen molar-refractivity contribution in [1.82, 2.24) is 9.62 Å². The van der Waals surface area contributed by atoms with Gasteiger partial charge in [0.1, 0.15) is 5.82 Å². The van der Waals surface area contributed by atoms with Crippen molar-refractivity contribution in [3.05, 3.63) is 64.9 Å². The molecule has 2 aromatic carbocycles. The number of nitrogens with one attached hydrogen (secondary N) is 1. The van der Waals surface area contributed by atoms with E-state index in [-0.39, 0.29) is 22.5 Å². The van der Waals surface area contributed by atoms with Gasteiger partial charge in [0.15, 0.2) is 0 Å². The lowest BCUT2D eigenvalue weighted by Crippen LogP contribution is -2.43. The molecule has 29 heavy (non-hydrogen) atoms. The van der Waals surface area contributed by atoms with Gasteiger partial charge >= 0.3 is 0 Å². The second-order valence-electron chi connectivity index (χ2n) is 7.15. The number of carbonyl (C=O) groups is 1. The molecule has 1 aliphatic rings. The minimum Gasteiger partial charge on any atom is -0.356 e. The van der Waals surface area contributed by atoms with Crippen LogP contribution in [0.1, 0.15) is 24.8 Å². The Hall–Kier alpha value is -1.96. The summed E-state index contributed by atoms with van der Waals surface area (Å²) in [6.45, 7) is 1.18. The fraction of sp³-hybridized carbons (Fsp3) is 0.381. The van der Waals surface area contributed by atoms with E-state index in [1.54, 1.807) is 24.3 Å². The highest BCUT2D eigenvalue weighted by Gasteiger charge is 2.31. The topological polar surface area (TPSA) is 66.5 Å². The third-order valence-corrected chi connectivity index (χ3v) is 7.30. The molecule has 1 fully saturated rings. The number of halogens is 2. The Labute approximate surface area is 175 Å². The van der Waals surface area contributed by atoms with Crippen molar-refractivity contribution in [3.63, 3.8) is 0 Å². The number of piperidine rings is 1. The van der Waals surface area contributed by atoms with Crippen LogP contribution in [0, 0.1) is 11.7 Å². The fourth-order valence-electron chi connectivity index (χ4n) is 3.41. The molecular formula is C21H24ClFN2O3S. The average Bonchev–Trinajstić information content (AvgIpc) is 2.73. The standard InChI is InChI=1S/C21H24ClFN2O3S/c22-18-5-9-20(10-6-18)29(27,28)25-14-11-17(12-15-25)21(26)24-13-1-2-16-3-7-19(23)8-4-16/h3-10,17H,1-2,11-15H2,(H,24,26). The fourth-order valence-corrected chi connectivity index (χ4v) is 5.01. The zero-order valence-electron chi connectivity index (χ0n) is 16.0. The van der Waals surface area contributed by atoms with Gasteiger partial charge in [-0.3, -0.25) is 4.79 Å². The first-order valence-electron chi connectivity index (χ1n) is 9.64. The van der Waals surface area contributed by atoms with E-state index in [9.17, 15) is 17.6 Å². The molecule has 0 atom stereocenters. The first-order chi connectivity index (χ1) is 13.9. The SMILES string of the molecule is O=C(NCCCc1ccc(F)cc1)C1CCN(S(=O)(=O)c2ccc(Cl)cc2)CC1. The molecule has 0 radical (unpaired) electrons. The highest BCUT2D eigenvalue weighted by molar-refractivity contribution is 7.89. The van der Waals surface area contributed by atoms with Crippen molar-refractivity contribution >= 4 is 27.5 Å². The Morgan fingerprint density at radius 2 is 1.69 bits per heavy atom. The van der Waals surface area contributed by atoms with Crippen molar-refractivity contribution in [2.75, 3.05) is 19.6 Å². The van der Waals surface area contributed by atoms with Crippen LogP contribution in [-0.2, 0) is 21.2 Å². The first-order valence-corrected chi connectivity index (χ1v) is 11.5. The summed E-state index contributed by atoms with van der Waals surface area (Å²) in [5.41, 5.74) is 1.03. The lowest BCUT2D eigenvalue weighted by molar-refractivity contribution is -0.126. The van der Waals surface area contributed by atoms with E-state index in [1.807, 2.05) is 0 Å². The molecule has 1 N–H and O–H groups in total. The third kappa shape index (κ3) is 5.78. The molecule has 0 bridgehead atoms. The molecule has 2 aromatic rings. The van der Waals surface area contributed by atoms with Crippen molar-refractivity contribution < 1.29 is 17.6 Å². The smallest absolute Gasteiger partial charge is 0.243 e. The quantitative estimate of drug-likeness (QED) is 0.671. The summed E-state index contributed by atoms with van der Waals surface area (Å²) in [6, 6.07) is 12.5. The van der Waals surface area contributed by atoms with Crippen molar-refractivity contribution in [1.29, 1.82) is 0 Å². The Bertz CT molecular complexity index is 925. The van der Waals surface area contributed by atoms with Crippen molar-refractivity contribution in [2.24, 2.45) is 5.92 Å². The number of hydrogen-bond donors (Lipinski definition) is 1. The number of aryl methyl sites for hydroxylation is 1. The number of sulfonamides is 1. The lowest BCUT2D eigenvalue weighted by atomic mass is 9.97. The summed E-state index contributed by atoms with van der Waals surface area (Å²) in [5.74, 6) is -0.475. The summed E-state index contributed by atoms with van der Waals surface area (Å²) >= 11 is 5.83. The van der Waals surface area contributed by atoms with Gasteiger partial charge in [-0.1, -0.05) is 23.7 Å². The van der Waals surface area contributed by atoms with Gasteiger partial charge in [-0.15, -0.1) is 0 Å². The number of carbonyl (C=O) groups excluding carboxylic acids is 1. The molecule has 0 saturated carbocycles. The molecule has 0 aromatic heterocycles. The van der Waals surface area contributed by atoms with Gasteiger partial charge in [-0.2, -0.15) is 4.31 Å². The molecule has 0 aliphatic carbocycles. The van der Waals surface area contributed by atoms with Gasteiger partial charge in [0.05, 0.1) is 4.90 Å². The van der Waals surface area contributed by atoms with E-state index in [0.717, 1.165) is 18.4 Å². The van der Waals surface area contributed by atoms with Crippen molar-refractivity contribution in [3.8, 4) is 0 Å². The zero-order valence-corrected chi connectivity index (χ0v) is 17.6. The second-order valence-corrected chi connectivity index (χ2v) is 9.53. The van der Waals surface area contributed by atoms with Crippen LogP contribution < -0.4 is 5.32 Å². The monoisotopic (exact) mass is 438 g/mol. The number of benzene rings is 2. The summed E-state index contributed by atoms with van der Waals surface area (Å²) in [7, 11) is -3.57. The van der Waals surface area contributed by atoms with Gasteiger partial charge < -0.3 is 5.32 Å². The number of rotatable bonds is 7. The molecule has 3 rings (SSSR count). The van der Waals surface area contributed by atoms with Gasteiger partial charge in [0, 0.05) is 30.6 Å². The second kappa shape index (κ2) is 9.69. The first kappa shape index (κ1) is 21.7. The van der Waals surface area contributed by atoms with Gasteiger partial charge in [-0.05, 0) is 67.6 Å². The maximum absolute atomic E-state index is 12.9.